The quantitative estimate of drug-likeness (QED) is 0.786. The van der Waals surface area contributed by atoms with Crippen molar-refractivity contribution in [1.82, 2.24) is 9.55 Å². The molecule has 20 heavy (non-hydrogen) atoms. The van der Waals surface area contributed by atoms with E-state index >= 15 is 0 Å². The van der Waals surface area contributed by atoms with Gasteiger partial charge in [0.05, 0.1) is 6.26 Å². The minimum Gasteiger partial charge on any atom is -0.467 e. The molecular weight excluding hydrogens is 250 g/mol. The van der Waals surface area contributed by atoms with Gasteiger partial charge in [0.2, 0.25) is 0 Å². The van der Waals surface area contributed by atoms with Gasteiger partial charge >= 0.3 is 0 Å². The second kappa shape index (κ2) is 5.25. The lowest BCUT2D eigenvalue weighted by molar-refractivity contribution is 0.488. The molecule has 1 N–H and O–H groups in total. The lowest BCUT2D eigenvalue weighted by Gasteiger charge is -2.18. The Morgan fingerprint density at radius 3 is 2.80 bits per heavy atom. The van der Waals surface area contributed by atoms with Gasteiger partial charge in [0.1, 0.15) is 17.6 Å². The Balaban J connectivity index is 1.97. The molecule has 0 aliphatic heterocycles. The number of rotatable bonds is 4. The number of hydrogen-bond acceptors (Lipinski definition) is 3. The van der Waals surface area contributed by atoms with Crippen LogP contribution in [0.5, 0.6) is 0 Å². The molecule has 0 aliphatic rings. The highest BCUT2D eigenvalue weighted by Crippen LogP contribution is 2.26. The molecule has 2 aromatic heterocycles. The SMILES string of the molecule is Cc1cccc(NC(c2ccco2)c2nccn2C)c1. The van der Waals surface area contributed by atoms with Gasteiger partial charge in [-0.3, -0.25) is 0 Å². The van der Waals surface area contributed by atoms with E-state index in [-0.39, 0.29) is 6.04 Å². The lowest BCUT2D eigenvalue weighted by Crippen LogP contribution is -2.16. The minimum absolute atomic E-state index is 0.105. The third-order valence-electron chi connectivity index (χ3n) is 3.27. The van der Waals surface area contributed by atoms with E-state index in [1.165, 1.54) is 5.56 Å². The van der Waals surface area contributed by atoms with Crippen molar-refractivity contribution in [3.8, 4) is 0 Å². The molecule has 1 aromatic carbocycles. The molecule has 0 aliphatic carbocycles. The van der Waals surface area contributed by atoms with Crippen molar-refractivity contribution in [3.63, 3.8) is 0 Å². The highest BCUT2D eigenvalue weighted by molar-refractivity contribution is 5.48. The second-order valence-corrected chi connectivity index (χ2v) is 4.86. The third-order valence-corrected chi connectivity index (χ3v) is 3.27. The summed E-state index contributed by atoms with van der Waals surface area (Å²) in [6.45, 7) is 2.08. The van der Waals surface area contributed by atoms with Crippen LogP contribution in [0.2, 0.25) is 0 Å². The van der Waals surface area contributed by atoms with Gasteiger partial charge < -0.3 is 14.3 Å². The fraction of sp³-hybridized carbons (Fsp3) is 0.188. The fourth-order valence-corrected chi connectivity index (χ4v) is 2.28. The summed E-state index contributed by atoms with van der Waals surface area (Å²) >= 11 is 0. The first-order valence-corrected chi connectivity index (χ1v) is 6.58. The molecule has 0 amide bonds. The van der Waals surface area contributed by atoms with Crippen LogP contribution in [0.4, 0.5) is 5.69 Å². The normalized spacial score (nSPS) is 12.3. The Morgan fingerprint density at radius 2 is 2.15 bits per heavy atom. The molecule has 4 nitrogen and oxygen atoms in total. The van der Waals surface area contributed by atoms with E-state index in [0.29, 0.717) is 0 Å². The van der Waals surface area contributed by atoms with Gasteiger partial charge in [0, 0.05) is 25.1 Å². The zero-order chi connectivity index (χ0) is 13.9. The Labute approximate surface area is 118 Å². The number of imidazole rings is 1. The lowest BCUT2D eigenvalue weighted by atomic mass is 10.1. The molecule has 2 heterocycles. The number of nitrogens with zero attached hydrogens (tertiary/aromatic N) is 2. The zero-order valence-corrected chi connectivity index (χ0v) is 11.6. The van der Waals surface area contributed by atoms with Crippen LogP contribution >= 0.6 is 0 Å². The van der Waals surface area contributed by atoms with Crippen LogP contribution in [-0.4, -0.2) is 9.55 Å². The van der Waals surface area contributed by atoms with Crippen molar-refractivity contribution >= 4 is 5.69 Å². The summed E-state index contributed by atoms with van der Waals surface area (Å²) in [7, 11) is 1.98. The monoisotopic (exact) mass is 267 g/mol. The standard InChI is InChI=1S/C16H17N3O/c1-12-5-3-6-13(11-12)18-15(14-7-4-10-20-14)16-17-8-9-19(16)2/h3-11,15,18H,1-2H3. The second-order valence-electron chi connectivity index (χ2n) is 4.86. The van der Waals surface area contributed by atoms with Crippen molar-refractivity contribution in [3.05, 3.63) is 72.2 Å². The van der Waals surface area contributed by atoms with Crippen LogP contribution in [0.25, 0.3) is 0 Å². The maximum atomic E-state index is 5.56. The summed E-state index contributed by atoms with van der Waals surface area (Å²) < 4.78 is 7.56. The molecule has 0 radical (unpaired) electrons. The number of aryl methyl sites for hydroxylation is 2. The van der Waals surface area contributed by atoms with Crippen LogP contribution in [-0.2, 0) is 7.05 Å². The Bertz CT molecular complexity index is 685. The molecule has 4 heteroatoms. The van der Waals surface area contributed by atoms with Crippen molar-refractivity contribution in [2.45, 2.75) is 13.0 Å². The van der Waals surface area contributed by atoms with Gasteiger partial charge in [-0.2, -0.15) is 0 Å². The van der Waals surface area contributed by atoms with Gasteiger partial charge in [-0.15, -0.1) is 0 Å². The van der Waals surface area contributed by atoms with Crippen molar-refractivity contribution in [2.75, 3.05) is 5.32 Å². The molecule has 0 saturated carbocycles. The zero-order valence-electron chi connectivity index (χ0n) is 11.6. The minimum atomic E-state index is -0.105. The van der Waals surface area contributed by atoms with E-state index < -0.39 is 0 Å². The van der Waals surface area contributed by atoms with Crippen LogP contribution < -0.4 is 5.32 Å². The molecule has 3 rings (SSSR count). The van der Waals surface area contributed by atoms with Crippen LogP contribution in [0.15, 0.2) is 59.5 Å². The van der Waals surface area contributed by atoms with E-state index in [1.54, 1.807) is 12.5 Å². The summed E-state index contributed by atoms with van der Waals surface area (Å²) in [5.41, 5.74) is 2.27. The van der Waals surface area contributed by atoms with Gasteiger partial charge in [-0.05, 0) is 36.8 Å². The number of furan rings is 1. The van der Waals surface area contributed by atoms with Crippen molar-refractivity contribution in [2.24, 2.45) is 7.05 Å². The largest absolute Gasteiger partial charge is 0.467 e. The molecule has 0 fully saturated rings. The van der Waals surface area contributed by atoms with E-state index in [2.05, 4.69) is 29.4 Å². The highest BCUT2D eigenvalue weighted by Gasteiger charge is 2.20. The molecule has 102 valence electrons. The molecular formula is C16H17N3O. The number of anilines is 1. The smallest absolute Gasteiger partial charge is 0.143 e. The number of aromatic nitrogens is 2. The molecule has 1 unspecified atom stereocenters. The highest BCUT2D eigenvalue weighted by atomic mass is 16.3. The van der Waals surface area contributed by atoms with Gasteiger partial charge in [0.25, 0.3) is 0 Å². The summed E-state index contributed by atoms with van der Waals surface area (Å²) in [4.78, 5) is 4.43. The van der Waals surface area contributed by atoms with E-state index in [1.807, 2.05) is 42.1 Å². The predicted octanol–water partition coefficient (Wildman–Crippen LogP) is 3.52. The third kappa shape index (κ3) is 2.45. The van der Waals surface area contributed by atoms with Crippen LogP contribution in [0.3, 0.4) is 0 Å². The number of hydrogen-bond donors (Lipinski definition) is 1. The summed E-state index contributed by atoms with van der Waals surface area (Å²) in [5, 5.41) is 3.49. The Hall–Kier alpha value is -2.49. The molecule has 1 atom stereocenters. The number of benzene rings is 1. The molecule has 3 aromatic rings. The maximum absolute atomic E-state index is 5.56. The average molecular weight is 267 g/mol. The first-order chi connectivity index (χ1) is 9.74. The first-order valence-electron chi connectivity index (χ1n) is 6.58. The summed E-state index contributed by atoms with van der Waals surface area (Å²) in [6.07, 6.45) is 5.41. The van der Waals surface area contributed by atoms with Gasteiger partial charge in [-0.25, -0.2) is 4.98 Å². The fourth-order valence-electron chi connectivity index (χ4n) is 2.28. The van der Waals surface area contributed by atoms with Crippen LogP contribution in [0.1, 0.15) is 23.2 Å². The van der Waals surface area contributed by atoms with Crippen LogP contribution in [0, 0.1) is 6.92 Å². The number of nitrogens with one attached hydrogen (secondary N) is 1. The van der Waals surface area contributed by atoms with Gasteiger partial charge in [0.15, 0.2) is 0 Å². The topological polar surface area (TPSA) is 43.0 Å². The molecule has 0 spiro atoms. The van der Waals surface area contributed by atoms with Gasteiger partial charge in [-0.1, -0.05) is 12.1 Å². The van der Waals surface area contributed by atoms with Crippen molar-refractivity contribution in [1.29, 1.82) is 0 Å². The first kappa shape index (κ1) is 12.5. The maximum Gasteiger partial charge on any atom is 0.143 e. The molecule has 0 saturated heterocycles. The van der Waals surface area contributed by atoms with Crippen molar-refractivity contribution < 1.29 is 4.42 Å². The van der Waals surface area contributed by atoms with E-state index in [4.69, 9.17) is 4.42 Å². The average Bonchev–Trinajstić information content (AvgIpc) is 3.07. The summed E-state index contributed by atoms with van der Waals surface area (Å²) in [5.74, 6) is 1.77. The summed E-state index contributed by atoms with van der Waals surface area (Å²) in [6, 6.07) is 12.0. The van der Waals surface area contributed by atoms with E-state index in [9.17, 15) is 0 Å². The molecule has 0 bridgehead atoms. The Kier molecular flexibility index (Phi) is 3.29. The Morgan fingerprint density at radius 1 is 1.25 bits per heavy atom. The van der Waals surface area contributed by atoms with E-state index in [0.717, 1.165) is 17.3 Å². The predicted molar refractivity (Wildman–Crippen MR) is 78.6 cm³/mol.